The second kappa shape index (κ2) is 5.26. The molecule has 1 heterocycles. The number of hydrogen-bond acceptors (Lipinski definition) is 4. The topological polar surface area (TPSA) is 61.4 Å². The Morgan fingerprint density at radius 3 is 2.78 bits per heavy atom. The van der Waals surface area contributed by atoms with Gasteiger partial charge in [-0.2, -0.15) is 0 Å². The third-order valence-electron chi connectivity index (χ3n) is 3.18. The van der Waals surface area contributed by atoms with E-state index < -0.39 is 10.0 Å². The quantitative estimate of drug-likeness (QED) is 0.845. The van der Waals surface area contributed by atoms with E-state index in [1.807, 2.05) is 6.07 Å². The van der Waals surface area contributed by atoms with Crippen molar-refractivity contribution in [2.24, 2.45) is 0 Å². The molecular formula is C12H19N3O2S. The molecule has 1 aliphatic rings. The summed E-state index contributed by atoms with van der Waals surface area (Å²) in [5.74, 6) is 0. The maximum atomic E-state index is 11.7. The lowest BCUT2D eigenvalue weighted by molar-refractivity contribution is 0.414. The smallest absolute Gasteiger partial charge is 0.240 e. The van der Waals surface area contributed by atoms with Crippen LogP contribution in [0.2, 0.25) is 0 Å². The molecule has 0 saturated carbocycles. The number of likely N-dealkylation sites (tertiary alicyclic amines) is 1. The Kier molecular flexibility index (Phi) is 3.89. The van der Waals surface area contributed by atoms with Crippen molar-refractivity contribution in [3.05, 3.63) is 24.3 Å². The first kappa shape index (κ1) is 13.3. The van der Waals surface area contributed by atoms with Crippen LogP contribution in [0.5, 0.6) is 0 Å². The fraction of sp³-hybridized carbons (Fsp3) is 0.500. The molecule has 1 aromatic carbocycles. The summed E-state index contributed by atoms with van der Waals surface area (Å²) >= 11 is 0. The van der Waals surface area contributed by atoms with E-state index >= 15 is 0 Å². The zero-order valence-corrected chi connectivity index (χ0v) is 11.5. The maximum absolute atomic E-state index is 11.7. The number of anilines is 1. The highest BCUT2D eigenvalue weighted by atomic mass is 32.2. The van der Waals surface area contributed by atoms with E-state index in [0.29, 0.717) is 10.9 Å². The highest BCUT2D eigenvalue weighted by Crippen LogP contribution is 2.18. The van der Waals surface area contributed by atoms with Crippen LogP contribution < -0.4 is 10.0 Å². The van der Waals surface area contributed by atoms with Crippen LogP contribution in [0.4, 0.5) is 5.69 Å². The van der Waals surface area contributed by atoms with Crippen molar-refractivity contribution in [3.8, 4) is 0 Å². The van der Waals surface area contributed by atoms with Crippen LogP contribution >= 0.6 is 0 Å². The van der Waals surface area contributed by atoms with E-state index in [1.54, 1.807) is 18.2 Å². The van der Waals surface area contributed by atoms with Gasteiger partial charge in [-0.25, -0.2) is 13.1 Å². The molecule has 1 fully saturated rings. The second-order valence-electron chi connectivity index (χ2n) is 4.63. The Hall–Kier alpha value is -1.11. The van der Waals surface area contributed by atoms with Crippen LogP contribution in [0, 0.1) is 0 Å². The van der Waals surface area contributed by atoms with Gasteiger partial charge in [0, 0.05) is 18.3 Å². The van der Waals surface area contributed by atoms with Gasteiger partial charge in [-0.15, -0.1) is 0 Å². The van der Waals surface area contributed by atoms with Crippen molar-refractivity contribution >= 4 is 15.7 Å². The molecule has 6 heteroatoms. The van der Waals surface area contributed by atoms with Gasteiger partial charge in [-0.05, 0) is 45.3 Å². The van der Waals surface area contributed by atoms with Gasteiger partial charge in [0.05, 0.1) is 4.90 Å². The van der Waals surface area contributed by atoms with E-state index in [4.69, 9.17) is 0 Å². The molecule has 18 heavy (non-hydrogen) atoms. The fourth-order valence-electron chi connectivity index (χ4n) is 2.16. The van der Waals surface area contributed by atoms with E-state index in [2.05, 4.69) is 22.0 Å². The average Bonchev–Trinajstić information content (AvgIpc) is 2.75. The third kappa shape index (κ3) is 3.01. The standard InChI is InChI=1S/C12H19N3O2S/c1-13-18(16,17)12-5-3-4-10(8-12)14-11-6-7-15(2)9-11/h3-5,8,11,13-14H,6-7,9H2,1-2H3. The molecule has 0 amide bonds. The Bertz CT molecular complexity index is 516. The molecule has 1 unspecified atom stereocenters. The number of nitrogens with one attached hydrogen (secondary N) is 2. The minimum absolute atomic E-state index is 0.293. The number of nitrogens with zero attached hydrogens (tertiary/aromatic N) is 1. The Balaban J connectivity index is 2.13. The highest BCUT2D eigenvalue weighted by Gasteiger charge is 2.19. The zero-order chi connectivity index (χ0) is 13.2. The van der Waals surface area contributed by atoms with Crippen molar-refractivity contribution in [2.45, 2.75) is 17.4 Å². The van der Waals surface area contributed by atoms with E-state index in [-0.39, 0.29) is 0 Å². The number of rotatable bonds is 4. The predicted molar refractivity (Wildman–Crippen MR) is 72.2 cm³/mol. The van der Waals surface area contributed by atoms with Crippen molar-refractivity contribution in [1.82, 2.24) is 9.62 Å². The SMILES string of the molecule is CNS(=O)(=O)c1cccc(NC2CCN(C)C2)c1. The minimum atomic E-state index is -3.37. The molecule has 1 aliphatic heterocycles. The first-order chi connectivity index (χ1) is 8.51. The molecular weight excluding hydrogens is 250 g/mol. The van der Waals surface area contributed by atoms with Gasteiger partial charge in [0.1, 0.15) is 0 Å². The molecule has 0 spiro atoms. The molecule has 2 N–H and O–H groups in total. The second-order valence-corrected chi connectivity index (χ2v) is 6.51. The van der Waals surface area contributed by atoms with Gasteiger partial charge in [0.25, 0.3) is 0 Å². The van der Waals surface area contributed by atoms with Crippen LogP contribution in [0.15, 0.2) is 29.2 Å². The molecule has 100 valence electrons. The van der Waals surface area contributed by atoms with Crippen molar-refractivity contribution in [2.75, 3.05) is 32.5 Å². The Labute approximate surface area is 108 Å². The largest absolute Gasteiger partial charge is 0.381 e. The van der Waals surface area contributed by atoms with Gasteiger partial charge in [0.15, 0.2) is 0 Å². The van der Waals surface area contributed by atoms with Gasteiger partial charge >= 0.3 is 0 Å². The van der Waals surface area contributed by atoms with E-state index in [0.717, 1.165) is 25.2 Å². The monoisotopic (exact) mass is 269 g/mol. The third-order valence-corrected chi connectivity index (χ3v) is 4.59. The molecule has 5 nitrogen and oxygen atoms in total. The van der Waals surface area contributed by atoms with Crippen molar-refractivity contribution in [1.29, 1.82) is 0 Å². The molecule has 2 rings (SSSR count). The van der Waals surface area contributed by atoms with Gasteiger partial charge in [0.2, 0.25) is 10.0 Å². The normalized spacial score (nSPS) is 21.1. The van der Waals surface area contributed by atoms with Crippen LogP contribution in [-0.4, -0.2) is 46.5 Å². The van der Waals surface area contributed by atoms with Gasteiger partial charge in [-0.3, -0.25) is 0 Å². The lowest BCUT2D eigenvalue weighted by Gasteiger charge is -2.15. The molecule has 1 aromatic rings. The van der Waals surface area contributed by atoms with E-state index in [1.165, 1.54) is 7.05 Å². The molecule has 1 saturated heterocycles. The zero-order valence-electron chi connectivity index (χ0n) is 10.7. The summed E-state index contributed by atoms with van der Waals surface area (Å²) in [6.45, 7) is 2.06. The van der Waals surface area contributed by atoms with Crippen LogP contribution in [0.25, 0.3) is 0 Å². The predicted octanol–water partition coefficient (Wildman–Crippen LogP) is 0.711. The number of hydrogen-bond donors (Lipinski definition) is 2. The summed E-state index contributed by atoms with van der Waals surface area (Å²) in [5, 5.41) is 3.37. The molecule has 0 aliphatic carbocycles. The summed E-state index contributed by atoms with van der Waals surface area (Å²) in [4.78, 5) is 2.55. The fourth-order valence-corrected chi connectivity index (χ4v) is 2.93. The summed E-state index contributed by atoms with van der Waals surface area (Å²) in [6.07, 6.45) is 1.08. The molecule has 1 atom stereocenters. The van der Waals surface area contributed by atoms with Gasteiger partial charge in [-0.1, -0.05) is 6.07 Å². The van der Waals surface area contributed by atoms with Crippen LogP contribution in [0.3, 0.4) is 0 Å². The number of likely N-dealkylation sites (N-methyl/N-ethyl adjacent to an activating group) is 1. The Morgan fingerprint density at radius 1 is 1.39 bits per heavy atom. The molecule has 0 aromatic heterocycles. The maximum Gasteiger partial charge on any atom is 0.240 e. The Morgan fingerprint density at radius 2 is 2.17 bits per heavy atom. The lowest BCUT2D eigenvalue weighted by atomic mass is 10.2. The van der Waals surface area contributed by atoms with Gasteiger partial charge < -0.3 is 10.2 Å². The highest BCUT2D eigenvalue weighted by molar-refractivity contribution is 7.89. The summed E-state index contributed by atoms with van der Waals surface area (Å²) in [7, 11) is 0.139. The van der Waals surface area contributed by atoms with Crippen molar-refractivity contribution in [3.63, 3.8) is 0 Å². The number of benzene rings is 1. The first-order valence-corrected chi connectivity index (χ1v) is 7.48. The van der Waals surface area contributed by atoms with Crippen molar-refractivity contribution < 1.29 is 8.42 Å². The summed E-state index contributed by atoms with van der Waals surface area (Å²) in [5.41, 5.74) is 0.853. The lowest BCUT2D eigenvalue weighted by Crippen LogP contribution is -2.24. The van der Waals surface area contributed by atoms with Crippen LogP contribution in [0.1, 0.15) is 6.42 Å². The van der Waals surface area contributed by atoms with Crippen LogP contribution in [-0.2, 0) is 10.0 Å². The summed E-state index contributed by atoms with van der Waals surface area (Å²) in [6, 6.07) is 7.31. The first-order valence-electron chi connectivity index (χ1n) is 6.00. The van der Waals surface area contributed by atoms with E-state index in [9.17, 15) is 8.42 Å². The molecule has 0 bridgehead atoms. The average molecular weight is 269 g/mol. The molecule has 0 radical (unpaired) electrons. The summed E-state index contributed by atoms with van der Waals surface area (Å²) < 4.78 is 25.7. The number of sulfonamides is 1. The minimum Gasteiger partial charge on any atom is -0.381 e.